The number of nitriles is 1. The van der Waals surface area contributed by atoms with Gasteiger partial charge in [0.2, 0.25) is 0 Å². The summed E-state index contributed by atoms with van der Waals surface area (Å²) < 4.78 is 40.4. The molecule has 8 heteroatoms. The lowest BCUT2D eigenvalue weighted by Gasteiger charge is -2.28. The molecule has 1 N–H and O–H groups in total. The van der Waals surface area contributed by atoms with Crippen molar-refractivity contribution in [1.82, 2.24) is 4.72 Å². The van der Waals surface area contributed by atoms with E-state index in [1.165, 1.54) is 11.8 Å². The molecular formula is C32H43N3O4S. The van der Waals surface area contributed by atoms with E-state index in [9.17, 15) is 13.7 Å². The van der Waals surface area contributed by atoms with E-state index in [1.807, 2.05) is 32.9 Å². The van der Waals surface area contributed by atoms with Crippen molar-refractivity contribution >= 4 is 32.6 Å². The predicted octanol–water partition coefficient (Wildman–Crippen LogP) is 7.49. The Kier molecular flexibility index (Phi) is 10.2. The number of nitrogens with zero attached hydrogens (tertiary/aromatic N) is 2. The van der Waals surface area contributed by atoms with Crippen LogP contribution in [0.5, 0.6) is 0 Å². The number of rotatable bonds is 13. The van der Waals surface area contributed by atoms with Crippen LogP contribution in [0.25, 0.3) is 28.2 Å². The van der Waals surface area contributed by atoms with E-state index in [-0.39, 0.29) is 11.4 Å². The summed E-state index contributed by atoms with van der Waals surface area (Å²) in [4.78, 5) is 2.00. The zero-order valence-electron chi connectivity index (χ0n) is 24.9. The lowest BCUT2D eigenvalue weighted by Crippen LogP contribution is -2.44. The Morgan fingerprint density at radius 1 is 1.00 bits per heavy atom. The fourth-order valence-electron chi connectivity index (χ4n) is 4.46. The predicted molar refractivity (Wildman–Crippen MR) is 164 cm³/mol. The van der Waals surface area contributed by atoms with Crippen LogP contribution in [0.3, 0.4) is 0 Å². The number of fused-ring (bicyclic) bond motifs is 1. The molecule has 1 heterocycles. The van der Waals surface area contributed by atoms with Crippen molar-refractivity contribution in [3.63, 3.8) is 0 Å². The highest BCUT2D eigenvalue weighted by molar-refractivity contribution is 7.93. The molecule has 40 heavy (non-hydrogen) atoms. The minimum Gasteiger partial charge on any atom is -0.457 e. The minimum absolute atomic E-state index is 0.288. The molecule has 0 spiro atoms. The third kappa shape index (κ3) is 8.69. The Labute approximate surface area is 239 Å². The molecule has 0 amide bonds. The van der Waals surface area contributed by atoms with Crippen LogP contribution in [-0.2, 0) is 14.8 Å². The summed E-state index contributed by atoms with van der Waals surface area (Å²) in [6, 6.07) is 17.9. The second-order valence-electron chi connectivity index (χ2n) is 11.8. The van der Waals surface area contributed by atoms with Gasteiger partial charge >= 0.3 is 0 Å². The number of anilines is 1. The van der Waals surface area contributed by atoms with E-state index >= 15 is 0 Å². The Balaban J connectivity index is 1.79. The molecule has 0 aliphatic carbocycles. The normalized spacial score (nSPS) is 13.0. The number of nitrogens with one attached hydrogen (secondary N) is 1. The van der Waals surface area contributed by atoms with Crippen LogP contribution >= 0.6 is 0 Å². The molecule has 0 unspecified atom stereocenters. The van der Waals surface area contributed by atoms with Crippen LogP contribution in [0.4, 0.5) is 5.69 Å². The van der Waals surface area contributed by atoms with Gasteiger partial charge in [-0.15, -0.1) is 0 Å². The maximum absolute atomic E-state index is 13.0. The maximum atomic E-state index is 13.0. The number of hydrogen-bond donors (Lipinski definition) is 1. The first kappa shape index (κ1) is 31.4. The van der Waals surface area contributed by atoms with Gasteiger partial charge in [-0.2, -0.15) is 5.26 Å². The molecule has 0 aliphatic heterocycles. The minimum atomic E-state index is -4.07. The largest absolute Gasteiger partial charge is 0.457 e. The molecule has 3 rings (SSSR count). The molecule has 0 aliphatic rings. The number of benzene rings is 2. The van der Waals surface area contributed by atoms with Crippen molar-refractivity contribution in [3.8, 4) is 17.4 Å². The van der Waals surface area contributed by atoms with Gasteiger partial charge in [-0.25, -0.2) is 13.1 Å². The molecular weight excluding hydrogens is 522 g/mol. The highest BCUT2D eigenvalue weighted by Crippen LogP contribution is 2.30. The molecule has 0 fully saturated rings. The molecule has 0 saturated heterocycles. The van der Waals surface area contributed by atoms with Crippen molar-refractivity contribution < 1.29 is 17.6 Å². The SMILES string of the molecule is CCCN(CCC)c1ccc2cc(-c3ccc(C=C(C#N)S(=O)(=O)NC(C)(C)CCOC(C)(C)C)o3)ccc2c1. The van der Waals surface area contributed by atoms with E-state index in [0.29, 0.717) is 18.8 Å². The van der Waals surface area contributed by atoms with E-state index in [2.05, 4.69) is 53.8 Å². The van der Waals surface area contributed by atoms with Crippen molar-refractivity contribution in [2.45, 2.75) is 78.9 Å². The summed E-state index contributed by atoms with van der Waals surface area (Å²) in [6.45, 7) is 16.2. The zero-order valence-corrected chi connectivity index (χ0v) is 25.7. The van der Waals surface area contributed by atoms with Crippen molar-refractivity contribution in [1.29, 1.82) is 5.26 Å². The lowest BCUT2D eigenvalue weighted by molar-refractivity contribution is -0.0102. The van der Waals surface area contributed by atoms with Gasteiger partial charge in [0.25, 0.3) is 10.0 Å². The van der Waals surface area contributed by atoms with Crippen LogP contribution in [0, 0.1) is 11.3 Å². The Bertz CT molecular complexity index is 1470. The first-order chi connectivity index (χ1) is 18.8. The highest BCUT2D eigenvalue weighted by atomic mass is 32.2. The Hall–Kier alpha value is -3.12. The van der Waals surface area contributed by atoms with Gasteiger partial charge in [-0.1, -0.05) is 32.0 Å². The number of ether oxygens (including phenoxy) is 1. The lowest BCUT2D eigenvalue weighted by atomic mass is 10.0. The van der Waals surface area contributed by atoms with Crippen LogP contribution in [0.15, 0.2) is 57.9 Å². The van der Waals surface area contributed by atoms with Crippen LogP contribution in [0.1, 0.15) is 73.5 Å². The van der Waals surface area contributed by atoms with E-state index < -0.39 is 20.5 Å². The molecule has 7 nitrogen and oxygen atoms in total. The second kappa shape index (κ2) is 13.0. The summed E-state index contributed by atoms with van der Waals surface area (Å²) >= 11 is 0. The van der Waals surface area contributed by atoms with Crippen LogP contribution in [0.2, 0.25) is 0 Å². The van der Waals surface area contributed by atoms with E-state index in [1.54, 1.807) is 26.0 Å². The summed E-state index contributed by atoms with van der Waals surface area (Å²) in [5, 5.41) is 11.9. The van der Waals surface area contributed by atoms with E-state index in [0.717, 1.165) is 42.3 Å². The van der Waals surface area contributed by atoms with Gasteiger partial charge in [0.05, 0.1) is 5.60 Å². The van der Waals surface area contributed by atoms with Gasteiger partial charge in [0, 0.05) is 42.6 Å². The van der Waals surface area contributed by atoms with Gasteiger partial charge < -0.3 is 14.1 Å². The van der Waals surface area contributed by atoms with Gasteiger partial charge in [-0.3, -0.25) is 0 Å². The molecule has 0 saturated carbocycles. The highest BCUT2D eigenvalue weighted by Gasteiger charge is 2.29. The zero-order chi connectivity index (χ0) is 29.6. The van der Waals surface area contributed by atoms with Gasteiger partial charge in [-0.05, 0) is 95.0 Å². The summed E-state index contributed by atoms with van der Waals surface area (Å²) in [7, 11) is -4.07. The molecule has 216 valence electrons. The van der Waals surface area contributed by atoms with Crippen molar-refractivity contribution in [3.05, 3.63) is 59.2 Å². The average molecular weight is 566 g/mol. The first-order valence-corrected chi connectivity index (χ1v) is 15.4. The molecule has 1 aromatic heterocycles. The van der Waals surface area contributed by atoms with E-state index in [4.69, 9.17) is 9.15 Å². The Morgan fingerprint density at radius 2 is 1.65 bits per heavy atom. The van der Waals surface area contributed by atoms with Gasteiger partial charge in [0.1, 0.15) is 17.6 Å². The molecule has 0 atom stereocenters. The summed E-state index contributed by atoms with van der Waals surface area (Å²) in [5.41, 5.74) is 0.974. The monoisotopic (exact) mass is 565 g/mol. The number of allylic oxidation sites excluding steroid dienone is 1. The third-order valence-corrected chi connectivity index (χ3v) is 8.04. The summed E-state index contributed by atoms with van der Waals surface area (Å²) in [5.74, 6) is 0.883. The fraction of sp³-hybridized carbons (Fsp3) is 0.469. The topological polar surface area (TPSA) is 95.6 Å². The molecule has 0 bridgehead atoms. The van der Waals surface area contributed by atoms with Gasteiger partial charge in [0.15, 0.2) is 4.91 Å². The van der Waals surface area contributed by atoms with Crippen LogP contribution in [-0.4, -0.2) is 39.3 Å². The molecule has 0 radical (unpaired) electrons. The fourth-order valence-corrected chi connectivity index (χ4v) is 5.79. The van der Waals surface area contributed by atoms with Crippen molar-refractivity contribution in [2.75, 3.05) is 24.6 Å². The third-order valence-electron chi connectivity index (χ3n) is 6.43. The molecule has 3 aromatic rings. The number of hydrogen-bond acceptors (Lipinski definition) is 6. The second-order valence-corrected chi connectivity index (χ2v) is 13.4. The first-order valence-electron chi connectivity index (χ1n) is 14.0. The summed E-state index contributed by atoms with van der Waals surface area (Å²) in [6.07, 6.45) is 3.91. The van der Waals surface area contributed by atoms with Crippen LogP contribution < -0.4 is 9.62 Å². The number of furan rings is 1. The smallest absolute Gasteiger partial charge is 0.251 e. The average Bonchev–Trinajstić information content (AvgIpc) is 3.33. The maximum Gasteiger partial charge on any atom is 0.251 e. The quantitative estimate of drug-likeness (QED) is 0.216. The number of sulfonamides is 1. The standard InChI is InChI=1S/C32H43N3O4S/c1-8-17-35(18-9-2)27-13-12-24-20-26(11-10-25(24)21-27)30-15-14-28(39-30)22-29(23-33)40(36,37)34-32(6,7)16-19-38-31(3,4)5/h10-15,20-22,34H,8-9,16-19H2,1-7H3. The molecule has 2 aromatic carbocycles. The van der Waals surface area contributed by atoms with Crippen molar-refractivity contribution in [2.24, 2.45) is 0 Å². The Morgan fingerprint density at radius 3 is 2.27 bits per heavy atom.